The third-order valence-electron chi connectivity index (χ3n) is 3.78. The molecule has 2 heterocycles. The van der Waals surface area contributed by atoms with Gasteiger partial charge in [-0.05, 0) is 29.1 Å². The summed E-state index contributed by atoms with van der Waals surface area (Å²) in [5.41, 5.74) is 0.0275. The number of carbonyl (C=O) groups excluding carboxylic acids is 1. The fourth-order valence-electron chi connectivity index (χ4n) is 2.45. The van der Waals surface area contributed by atoms with Gasteiger partial charge in [0, 0.05) is 15.5 Å². The number of aliphatic hydroxyl groups is 1. The van der Waals surface area contributed by atoms with Gasteiger partial charge in [-0.2, -0.15) is 0 Å². The molecule has 0 aliphatic carbocycles. The second-order valence-electron chi connectivity index (χ2n) is 5.39. The SMILES string of the molecule is O=C(Cc1ccccc1Cl)NCC(O)(c1ccoc1)c1cccs1. The van der Waals surface area contributed by atoms with Crippen LogP contribution in [0.3, 0.4) is 0 Å². The van der Waals surface area contributed by atoms with Gasteiger partial charge >= 0.3 is 0 Å². The van der Waals surface area contributed by atoms with E-state index in [1.807, 2.05) is 35.7 Å². The van der Waals surface area contributed by atoms with E-state index in [0.717, 1.165) is 10.4 Å². The Labute approximate surface area is 148 Å². The van der Waals surface area contributed by atoms with Gasteiger partial charge in [0.1, 0.15) is 5.60 Å². The maximum Gasteiger partial charge on any atom is 0.224 e. The average Bonchev–Trinajstić information content (AvgIpc) is 3.28. The number of nitrogens with one attached hydrogen (secondary N) is 1. The van der Waals surface area contributed by atoms with Crippen LogP contribution in [0.15, 0.2) is 64.8 Å². The van der Waals surface area contributed by atoms with E-state index in [1.165, 1.54) is 23.9 Å². The predicted molar refractivity (Wildman–Crippen MR) is 94.2 cm³/mol. The van der Waals surface area contributed by atoms with Gasteiger partial charge in [-0.25, -0.2) is 0 Å². The molecular formula is C18H16ClNO3S. The number of carbonyl (C=O) groups is 1. The van der Waals surface area contributed by atoms with Crippen LogP contribution in [0.4, 0.5) is 0 Å². The third kappa shape index (κ3) is 3.53. The minimum absolute atomic E-state index is 0.0519. The zero-order valence-corrected chi connectivity index (χ0v) is 14.3. The maximum absolute atomic E-state index is 12.2. The topological polar surface area (TPSA) is 62.5 Å². The largest absolute Gasteiger partial charge is 0.472 e. The van der Waals surface area contributed by atoms with E-state index < -0.39 is 5.60 Å². The summed E-state index contributed by atoms with van der Waals surface area (Å²) in [5.74, 6) is -0.207. The van der Waals surface area contributed by atoms with Gasteiger partial charge in [0.25, 0.3) is 0 Å². The first kappa shape index (κ1) is 16.8. The molecule has 0 radical (unpaired) electrons. The molecule has 0 saturated carbocycles. The molecule has 0 fully saturated rings. The Hall–Kier alpha value is -2.08. The lowest BCUT2D eigenvalue weighted by molar-refractivity contribution is -0.121. The van der Waals surface area contributed by atoms with Crippen LogP contribution in [0, 0.1) is 0 Å². The van der Waals surface area contributed by atoms with E-state index in [1.54, 1.807) is 12.1 Å². The van der Waals surface area contributed by atoms with E-state index in [0.29, 0.717) is 10.6 Å². The number of hydrogen-bond donors (Lipinski definition) is 2. The quantitative estimate of drug-likeness (QED) is 0.705. The van der Waals surface area contributed by atoms with Crippen molar-refractivity contribution in [3.05, 3.63) is 81.4 Å². The number of benzene rings is 1. The van der Waals surface area contributed by atoms with Crippen molar-refractivity contribution in [1.29, 1.82) is 0 Å². The number of amides is 1. The van der Waals surface area contributed by atoms with Crippen molar-refractivity contribution in [2.24, 2.45) is 0 Å². The molecule has 1 unspecified atom stereocenters. The van der Waals surface area contributed by atoms with Gasteiger partial charge in [0.05, 0.1) is 25.5 Å². The van der Waals surface area contributed by atoms with Gasteiger partial charge in [-0.15, -0.1) is 11.3 Å². The Kier molecular flexibility index (Phi) is 5.04. The minimum Gasteiger partial charge on any atom is -0.472 e. The zero-order valence-electron chi connectivity index (χ0n) is 12.7. The van der Waals surface area contributed by atoms with Gasteiger partial charge in [-0.3, -0.25) is 4.79 Å². The molecular weight excluding hydrogens is 346 g/mol. The van der Waals surface area contributed by atoms with Gasteiger partial charge < -0.3 is 14.8 Å². The molecule has 2 N–H and O–H groups in total. The molecule has 6 heteroatoms. The van der Waals surface area contributed by atoms with Crippen molar-refractivity contribution >= 4 is 28.8 Å². The predicted octanol–water partition coefficient (Wildman–Crippen LogP) is 3.59. The lowest BCUT2D eigenvalue weighted by Crippen LogP contribution is -2.41. The van der Waals surface area contributed by atoms with Crippen LogP contribution in [-0.2, 0) is 16.8 Å². The van der Waals surface area contributed by atoms with Crippen molar-refractivity contribution in [2.75, 3.05) is 6.54 Å². The fraction of sp³-hybridized carbons (Fsp3) is 0.167. The van der Waals surface area contributed by atoms with Crippen LogP contribution < -0.4 is 5.32 Å². The van der Waals surface area contributed by atoms with E-state index in [-0.39, 0.29) is 18.9 Å². The second-order valence-corrected chi connectivity index (χ2v) is 6.75. The number of thiophene rings is 1. The first-order chi connectivity index (χ1) is 11.6. The van der Waals surface area contributed by atoms with Crippen molar-refractivity contribution in [2.45, 2.75) is 12.0 Å². The van der Waals surface area contributed by atoms with Crippen LogP contribution in [-0.4, -0.2) is 17.6 Å². The number of hydrogen-bond acceptors (Lipinski definition) is 4. The molecule has 0 spiro atoms. The van der Waals surface area contributed by atoms with Crippen molar-refractivity contribution in [3.8, 4) is 0 Å². The molecule has 3 rings (SSSR count). The average molecular weight is 362 g/mol. The second kappa shape index (κ2) is 7.21. The molecule has 1 aromatic carbocycles. The maximum atomic E-state index is 12.2. The molecule has 1 amide bonds. The van der Waals surface area contributed by atoms with Crippen LogP contribution in [0.5, 0.6) is 0 Å². The first-order valence-corrected chi connectivity index (χ1v) is 8.64. The molecule has 0 bridgehead atoms. The van der Waals surface area contributed by atoms with Gasteiger partial charge in [0.2, 0.25) is 5.91 Å². The Morgan fingerprint density at radius 3 is 2.75 bits per heavy atom. The normalized spacial score (nSPS) is 13.4. The minimum atomic E-state index is -1.32. The van der Waals surface area contributed by atoms with Crippen LogP contribution in [0.1, 0.15) is 16.0 Å². The van der Waals surface area contributed by atoms with Crippen LogP contribution in [0.2, 0.25) is 5.02 Å². The van der Waals surface area contributed by atoms with Crippen molar-refractivity contribution in [3.63, 3.8) is 0 Å². The monoisotopic (exact) mass is 361 g/mol. The summed E-state index contributed by atoms with van der Waals surface area (Å²) in [7, 11) is 0. The highest BCUT2D eigenvalue weighted by molar-refractivity contribution is 7.10. The molecule has 1 atom stereocenters. The van der Waals surface area contributed by atoms with Crippen molar-refractivity contribution < 1.29 is 14.3 Å². The summed E-state index contributed by atoms with van der Waals surface area (Å²) in [4.78, 5) is 13.0. The zero-order chi connectivity index (χ0) is 17.0. The molecule has 24 heavy (non-hydrogen) atoms. The lowest BCUT2D eigenvalue weighted by atomic mass is 9.94. The van der Waals surface area contributed by atoms with Gasteiger partial charge in [-0.1, -0.05) is 35.9 Å². The lowest BCUT2D eigenvalue weighted by Gasteiger charge is -2.26. The van der Waals surface area contributed by atoms with Crippen LogP contribution in [0.25, 0.3) is 0 Å². The van der Waals surface area contributed by atoms with E-state index in [4.69, 9.17) is 16.0 Å². The summed E-state index contributed by atoms with van der Waals surface area (Å²) in [6.07, 6.45) is 3.14. The number of rotatable bonds is 6. The summed E-state index contributed by atoms with van der Waals surface area (Å²) in [6, 6.07) is 12.6. The smallest absolute Gasteiger partial charge is 0.224 e. The highest BCUT2D eigenvalue weighted by Crippen LogP contribution is 2.32. The molecule has 2 aromatic heterocycles. The molecule has 124 valence electrons. The summed E-state index contributed by atoms with van der Waals surface area (Å²) in [5, 5.41) is 16.3. The number of furan rings is 1. The summed E-state index contributed by atoms with van der Waals surface area (Å²) < 4.78 is 5.09. The van der Waals surface area contributed by atoms with Crippen molar-refractivity contribution in [1.82, 2.24) is 5.32 Å². The van der Waals surface area contributed by atoms with Gasteiger partial charge in [0.15, 0.2) is 0 Å². The Bertz CT molecular complexity index is 765. The van der Waals surface area contributed by atoms with E-state index in [9.17, 15) is 9.90 Å². The summed E-state index contributed by atoms with van der Waals surface area (Å²) in [6.45, 7) is 0.0519. The fourth-order valence-corrected chi connectivity index (χ4v) is 3.50. The van der Waals surface area contributed by atoms with E-state index >= 15 is 0 Å². The third-order valence-corrected chi connectivity index (χ3v) is 5.17. The molecule has 0 aliphatic rings. The molecule has 3 aromatic rings. The standard InChI is InChI=1S/C18H16ClNO3S/c19-15-5-2-1-4-13(15)10-17(21)20-12-18(22,14-7-8-23-11-14)16-6-3-9-24-16/h1-9,11,22H,10,12H2,(H,20,21). The first-order valence-electron chi connectivity index (χ1n) is 7.39. The Morgan fingerprint density at radius 1 is 1.25 bits per heavy atom. The highest BCUT2D eigenvalue weighted by atomic mass is 35.5. The Morgan fingerprint density at radius 2 is 2.08 bits per heavy atom. The van der Waals surface area contributed by atoms with E-state index in [2.05, 4.69) is 5.32 Å². The number of halogens is 1. The molecule has 0 aliphatic heterocycles. The molecule has 4 nitrogen and oxygen atoms in total. The van der Waals surface area contributed by atoms with Crippen LogP contribution >= 0.6 is 22.9 Å². The summed E-state index contributed by atoms with van der Waals surface area (Å²) >= 11 is 7.50. The highest BCUT2D eigenvalue weighted by Gasteiger charge is 2.34. The molecule has 0 saturated heterocycles. The Balaban J connectivity index is 1.73.